The minimum Gasteiger partial charge on any atom is -0.281 e. The van der Waals surface area contributed by atoms with Gasteiger partial charge in [0.2, 0.25) is 0 Å². The molecule has 0 saturated carbocycles. The van der Waals surface area contributed by atoms with Gasteiger partial charge < -0.3 is 0 Å². The lowest BCUT2D eigenvalue weighted by Crippen LogP contribution is -2.68. The quantitative estimate of drug-likeness (QED) is 0.218. The van der Waals surface area contributed by atoms with Crippen LogP contribution in [0.3, 0.4) is 0 Å². The molecule has 0 aromatic heterocycles. The fourth-order valence-electron chi connectivity index (χ4n) is 2.46. The largest absolute Gasteiger partial charge is 0.438 e. The van der Waals surface area contributed by atoms with Gasteiger partial charge in [-0.1, -0.05) is 47.6 Å². The molecule has 0 heterocycles. The molecule has 1 aromatic carbocycles. The van der Waals surface area contributed by atoms with Crippen LogP contribution in [0.25, 0.3) is 0 Å². The van der Waals surface area contributed by atoms with Gasteiger partial charge in [-0.3, -0.25) is 4.55 Å². The zero-order chi connectivity index (χ0) is 27.6. The first-order valence-electron chi connectivity index (χ1n) is 9.25. The van der Waals surface area contributed by atoms with Crippen LogP contribution >= 0.6 is 11.8 Å². The Morgan fingerprint density at radius 2 is 1.00 bits per heavy atom. The Morgan fingerprint density at radius 3 is 1.29 bits per heavy atom. The van der Waals surface area contributed by atoms with Gasteiger partial charge in [-0.05, 0) is 45.9 Å². The van der Waals surface area contributed by atoms with E-state index in [1.54, 1.807) is 41.5 Å². The van der Waals surface area contributed by atoms with Crippen LogP contribution < -0.4 is 0 Å². The Balaban J connectivity index is 3.66. The summed E-state index contributed by atoms with van der Waals surface area (Å²) in [7, 11) is -7.40. The van der Waals surface area contributed by atoms with E-state index in [1.165, 1.54) is 6.07 Å². The molecule has 1 aromatic rings. The molecule has 0 aliphatic rings. The van der Waals surface area contributed by atoms with E-state index in [-0.39, 0.29) is 11.1 Å². The van der Waals surface area contributed by atoms with E-state index in [2.05, 4.69) is 0 Å². The standard InChI is InChI=1S/C19H22F10O3S2/c1-13(2,3)10-7-11(14(4,5)6)9-12(8-10)33-18(26,27)16(22,23)15(20,21)17(24,25)19(28,29)34(30,31)32/h7-9H,1-6H3,(H,30,31,32). The fraction of sp³-hybridized carbons (Fsp3) is 0.684. The van der Waals surface area contributed by atoms with Crippen molar-refractivity contribution in [2.45, 2.75) is 85.5 Å². The van der Waals surface area contributed by atoms with Crippen LogP contribution in [0.2, 0.25) is 0 Å². The molecule has 3 nitrogen and oxygen atoms in total. The van der Waals surface area contributed by atoms with Gasteiger partial charge in [-0.15, -0.1) is 0 Å². The first-order valence-corrected chi connectivity index (χ1v) is 11.5. The molecule has 1 rings (SSSR count). The second kappa shape index (κ2) is 8.43. The highest BCUT2D eigenvalue weighted by molar-refractivity contribution is 8.00. The minimum atomic E-state index is -7.62. The van der Waals surface area contributed by atoms with Crippen molar-refractivity contribution in [2.75, 3.05) is 0 Å². The Hall–Kier alpha value is -1.22. The summed E-state index contributed by atoms with van der Waals surface area (Å²) in [4.78, 5) is -0.761. The molecule has 0 aliphatic carbocycles. The Morgan fingerprint density at radius 1 is 0.647 bits per heavy atom. The van der Waals surface area contributed by atoms with Crippen molar-refractivity contribution in [3.8, 4) is 0 Å². The lowest BCUT2D eigenvalue weighted by Gasteiger charge is -2.38. The summed E-state index contributed by atoms with van der Waals surface area (Å²) in [5.41, 5.74) is -0.945. The maximum absolute atomic E-state index is 14.4. The molecule has 0 spiro atoms. The lowest BCUT2D eigenvalue weighted by molar-refractivity contribution is -0.374. The molecule has 0 atom stereocenters. The number of hydrogen-bond acceptors (Lipinski definition) is 3. The van der Waals surface area contributed by atoms with Crippen LogP contribution in [0.4, 0.5) is 43.9 Å². The summed E-state index contributed by atoms with van der Waals surface area (Å²) in [6.07, 6.45) is 0. The Labute approximate surface area is 194 Å². The minimum absolute atomic E-state index is 0.288. The maximum atomic E-state index is 14.4. The third-order valence-electron chi connectivity index (χ3n) is 4.73. The van der Waals surface area contributed by atoms with E-state index < -0.39 is 65.9 Å². The zero-order valence-electron chi connectivity index (χ0n) is 18.6. The predicted molar refractivity (Wildman–Crippen MR) is 106 cm³/mol. The molecule has 0 amide bonds. The van der Waals surface area contributed by atoms with Crippen molar-refractivity contribution in [2.24, 2.45) is 0 Å². The summed E-state index contributed by atoms with van der Waals surface area (Å²) in [6, 6.07) is 3.38. The molecule has 198 valence electrons. The average Bonchev–Trinajstić information content (AvgIpc) is 2.57. The molecule has 0 fully saturated rings. The molecule has 0 aliphatic heterocycles. The molecule has 0 radical (unpaired) electrons. The number of benzene rings is 1. The van der Waals surface area contributed by atoms with Crippen LogP contribution in [0, 0.1) is 0 Å². The van der Waals surface area contributed by atoms with Gasteiger partial charge in [0.25, 0.3) is 0 Å². The third-order valence-corrected chi connectivity index (χ3v) is 6.62. The smallest absolute Gasteiger partial charge is 0.281 e. The third kappa shape index (κ3) is 5.15. The molecular weight excluding hydrogens is 530 g/mol. The summed E-state index contributed by atoms with van der Waals surface area (Å²) in [5.74, 6) is -22.4. The Kier molecular flexibility index (Phi) is 7.63. The normalized spacial score (nSPS) is 15.6. The van der Waals surface area contributed by atoms with E-state index >= 15 is 0 Å². The van der Waals surface area contributed by atoms with Crippen molar-refractivity contribution < 1.29 is 56.9 Å². The van der Waals surface area contributed by atoms with Crippen molar-refractivity contribution >= 4 is 21.9 Å². The highest BCUT2D eigenvalue weighted by atomic mass is 32.2. The first kappa shape index (κ1) is 30.8. The van der Waals surface area contributed by atoms with Gasteiger partial charge in [-0.2, -0.15) is 52.3 Å². The van der Waals surface area contributed by atoms with Crippen LogP contribution in [-0.2, 0) is 20.9 Å². The first-order chi connectivity index (χ1) is 14.5. The van der Waals surface area contributed by atoms with Crippen molar-refractivity contribution in [1.29, 1.82) is 0 Å². The molecule has 0 unspecified atom stereocenters. The van der Waals surface area contributed by atoms with Gasteiger partial charge >= 0.3 is 38.4 Å². The molecule has 15 heteroatoms. The van der Waals surface area contributed by atoms with Crippen LogP contribution in [0.1, 0.15) is 52.7 Å². The van der Waals surface area contributed by atoms with E-state index in [4.69, 9.17) is 4.55 Å². The number of thioether (sulfide) groups is 1. The zero-order valence-corrected chi connectivity index (χ0v) is 20.2. The van der Waals surface area contributed by atoms with Crippen LogP contribution in [-0.4, -0.2) is 41.2 Å². The van der Waals surface area contributed by atoms with E-state index in [9.17, 15) is 52.3 Å². The van der Waals surface area contributed by atoms with Gasteiger partial charge in [0.05, 0.1) is 0 Å². The second-order valence-electron chi connectivity index (χ2n) is 9.58. The van der Waals surface area contributed by atoms with Gasteiger partial charge in [-0.25, -0.2) is 0 Å². The van der Waals surface area contributed by atoms with Crippen molar-refractivity contribution in [1.82, 2.24) is 0 Å². The predicted octanol–water partition coefficient (Wildman–Crippen LogP) is 7.35. The molecule has 1 N–H and O–H groups in total. The SMILES string of the molecule is CC(C)(C)c1cc(SC(F)(F)C(F)(F)C(F)(F)C(F)(F)C(F)(F)S(=O)(=O)O)cc(C(C)(C)C)c1. The van der Waals surface area contributed by atoms with Gasteiger partial charge in [0.15, 0.2) is 0 Å². The van der Waals surface area contributed by atoms with E-state index in [1.807, 2.05) is 0 Å². The summed E-state index contributed by atoms with van der Waals surface area (Å²) in [5, 5.41) is -13.3. The van der Waals surface area contributed by atoms with Crippen LogP contribution in [0.15, 0.2) is 23.1 Å². The van der Waals surface area contributed by atoms with Crippen molar-refractivity contribution in [3.63, 3.8) is 0 Å². The van der Waals surface area contributed by atoms with Gasteiger partial charge in [0, 0.05) is 4.90 Å². The monoisotopic (exact) mass is 552 g/mol. The summed E-state index contributed by atoms with van der Waals surface area (Å²) < 4.78 is 168. The van der Waals surface area contributed by atoms with Crippen LogP contribution in [0.5, 0.6) is 0 Å². The highest BCUT2D eigenvalue weighted by Crippen LogP contribution is 2.61. The summed E-state index contributed by atoms with van der Waals surface area (Å²) in [6.45, 7) is 9.68. The van der Waals surface area contributed by atoms with E-state index in [0.717, 1.165) is 12.1 Å². The maximum Gasteiger partial charge on any atom is 0.438 e. The molecule has 0 bridgehead atoms. The topological polar surface area (TPSA) is 54.4 Å². The number of halogens is 10. The number of hydrogen-bond donors (Lipinski definition) is 1. The molecule has 34 heavy (non-hydrogen) atoms. The lowest BCUT2D eigenvalue weighted by atomic mass is 9.81. The summed E-state index contributed by atoms with van der Waals surface area (Å²) >= 11 is -1.28. The second-order valence-corrected chi connectivity index (χ2v) is 12.2. The van der Waals surface area contributed by atoms with Crippen molar-refractivity contribution in [3.05, 3.63) is 29.3 Å². The molecular formula is C19H22F10O3S2. The Bertz CT molecular complexity index is 991. The highest BCUT2D eigenvalue weighted by Gasteiger charge is 2.89. The van der Waals surface area contributed by atoms with Gasteiger partial charge in [0.1, 0.15) is 0 Å². The molecule has 0 saturated heterocycles. The number of alkyl halides is 10. The van der Waals surface area contributed by atoms with E-state index in [0.29, 0.717) is 0 Å². The number of rotatable bonds is 7. The fourth-order valence-corrected chi connectivity index (χ4v) is 3.84. The average molecular weight is 552 g/mol.